The number of nitro benzene ring substituents is 1. The molecule has 0 saturated carbocycles. The third-order valence-corrected chi connectivity index (χ3v) is 2.29. The van der Waals surface area contributed by atoms with Gasteiger partial charge in [-0.25, -0.2) is 0 Å². The van der Waals surface area contributed by atoms with Crippen LogP contribution in [0.5, 0.6) is 0 Å². The van der Waals surface area contributed by atoms with Crippen molar-refractivity contribution in [2.45, 2.75) is 20.8 Å². The minimum atomic E-state index is -0.428. The van der Waals surface area contributed by atoms with Gasteiger partial charge in [0.2, 0.25) is 0 Å². The van der Waals surface area contributed by atoms with E-state index in [1.807, 2.05) is 20.8 Å². The molecular weight excluding hydrogens is 206 g/mol. The highest BCUT2D eigenvalue weighted by atomic mass is 16.6. The normalized spacial score (nSPS) is 11.6. The van der Waals surface area contributed by atoms with Crippen LogP contribution in [-0.2, 0) is 0 Å². The molecule has 0 unspecified atom stereocenters. The molecule has 5 heteroatoms. The van der Waals surface area contributed by atoms with Crippen molar-refractivity contribution in [1.82, 2.24) is 0 Å². The molecule has 1 aromatic carbocycles. The first-order valence-corrected chi connectivity index (χ1v) is 5.06. The topological polar surface area (TPSA) is 67.5 Å². The van der Waals surface area contributed by atoms with E-state index in [2.05, 4.69) is 10.5 Å². The second kappa shape index (κ2) is 5.25. The molecule has 0 fully saturated rings. The number of hydrogen-bond donors (Lipinski definition) is 1. The summed E-state index contributed by atoms with van der Waals surface area (Å²) >= 11 is 0. The lowest BCUT2D eigenvalue weighted by molar-refractivity contribution is -0.384. The number of para-hydroxylation sites is 2. The SMILES string of the molecule is C/C(=N\Nc1ccccc1[N+](=O)[O-])C(C)C. The van der Waals surface area contributed by atoms with E-state index < -0.39 is 4.92 Å². The molecule has 0 aromatic heterocycles. The summed E-state index contributed by atoms with van der Waals surface area (Å²) in [6, 6.07) is 6.44. The van der Waals surface area contributed by atoms with Crippen LogP contribution in [0.3, 0.4) is 0 Å². The fourth-order valence-electron chi connectivity index (χ4n) is 1.00. The first-order valence-electron chi connectivity index (χ1n) is 5.06. The Morgan fingerprint density at radius 1 is 1.44 bits per heavy atom. The van der Waals surface area contributed by atoms with E-state index in [0.717, 1.165) is 5.71 Å². The van der Waals surface area contributed by atoms with Crippen molar-refractivity contribution in [3.8, 4) is 0 Å². The minimum Gasteiger partial charge on any atom is -0.272 e. The van der Waals surface area contributed by atoms with Gasteiger partial charge in [0.1, 0.15) is 5.69 Å². The molecule has 0 aliphatic rings. The predicted octanol–water partition coefficient (Wildman–Crippen LogP) is 3.04. The third-order valence-electron chi connectivity index (χ3n) is 2.29. The first kappa shape index (κ1) is 12.2. The number of hydrogen-bond acceptors (Lipinski definition) is 4. The van der Waals surface area contributed by atoms with Gasteiger partial charge in [0.25, 0.3) is 5.69 Å². The molecule has 0 spiro atoms. The van der Waals surface area contributed by atoms with Crippen molar-refractivity contribution in [2.24, 2.45) is 11.0 Å². The first-order chi connectivity index (χ1) is 7.52. The van der Waals surface area contributed by atoms with Crippen LogP contribution in [0.2, 0.25) is 0 Å². The molecule has 1 rings (SSSR count). The number of benzene rings is 1. The molecule has 0 atom stereocenters. The summed E-state index contributed by atoms with van der Waals surface area (Å²) in [5, 5.41) is 14.8. The zero-order valence-electron chi connectivity index (χ0n) is 9.60. The van der Waals surface area contributed by atoms with E-state index >= 15 is 0 Å². The van der Waals surface area contributed by atoms with Crippen molar-refractivity contribution in [3.63, 3.8) is 0 Å². The van der Waals surface area contributed by atoms with Crippen molar-refractivity contribution in [1.29, 1.82) is 0 Å². The van der Waals surface area contributed by atoms with Crippen LogP contribution < -0.4 is 5.43 Å². The van der Waals surface area contributed by atoms with Gasteiger partial charge in [0.05, 0.1) is 4.92 Å². The largest absolute Gasteiger partial charge is 0.294 e. The van der Waals surface area contributed by atoms with Crippen LogP contribution >= 0.6 is 0 Å². The average Bonchev–Trinajstić information content (AvgIpc) is 2.25. The van der Waals surface area contributed by atoms with Crippen LogP contribution in [-0.4, -0.2) is 10.6 Å². The molecule has 0 aliphatic heterocycles. The Hall–Kier alpha value is -1.91. The van der Waals surface area contributed by atoms with Gasteiger partial charge >= 0.3 is 0 Å². The second-order valence-electron chi connectivity index (χ2n) is 3.79. The Labute approximate surface area is 94.3 Å². The number of nitrogens with zero attached hydrogens (tertiary/aromatic N) is 2. The lowest BCUT2D eigenvalue weighted by Gasteiger charge is -2.05. The molecule has 1 aromatic rings. The fraction of sp³-hybridized carbons (Fsp3) is 0.364. The molecular formula is C11H15N3O2. The summed E-state index contributed by atoms with van der Waals surface area (Å²) < 4.78 is 0. The lowest BCUT2D eigenvalue weighted by Crippen LogP contribution is -2.05. The second-order valence-corrected chi connectivity index (χ2v) is 3.79. The molecule has 0 radical (unpaired) electrons. The van der Waals surface area contributed by atoms with Crippen LogP contribution in [0.15, 0.2) is 29.4 Å². The molecule has 1 N–H and O–H groups in total. The lowest BCUT2D eigenvalue weighted by atomic mass is 10.1. The van der Waals surface area contributed by atoms with Crippen LogP contribution in [0.25, 0.3) is 0 Å². The highest BCUT2D eigenvalue weighted by molar-refractivity contribution is 5.84. The van der Waals surface area contributed by atoms with Crippen molar-refractivity contribution in [3.05, 3.63) is 34.4 Å². The maximum absolute atomic E-state index is 10.7. The Morgan fingerprint density at radius 3 is 2.62 bits per heavy atom. The van der Waals surface area contributed by atoms with E-state index in [1.54, 1.807) is 18.2 Å². The zero-order chi connectivity index (χ0) is 12.1. The third kappa shape index (κ3) is 3.05. The van der Waals surface area contributed by atoms with Gasteiger partial charge in [-0.15, -0.1) is 0 Å². The molecule has 0 aliphatic carbocycles. The summed E-state index contributed by atoms with van der Waals surface area (Å²) in [5.41, 5.74) is 4.06. The number of nitrogens with one attached hydrogen (secondary N) is 1. The number of rotatable bonds is 4. The predicted molar refractivity (Wildman–Crippen MR) is 64.7 cm³/mol. The standard InChI is InChI=1S/C11H15N3O2/c1-8(2)9(3)12-13-10-6-4-5-7-11(10)14(15)16/h4-8,13H,1-3H3/b12-9+. The van der Waals surface area contributed by atoms with Crippen molar-refractivity contribution in [2.75, 3.05) is 5.43 Å². The molecule has 0 bridgehead atoms. The molecule has 16 heavy (non-hydrogen) atoms. The smallest absolute Gasteiger partial charge is 0.272 e. The summed E-state index contributed by atoms with van der Waals surface area (Å²) in [6.07, 6.45) is 0. The monoisotopic (exact) mass is 221 g/mol. The van der Waals surface area contributed by atoms with E-state index in [0.29, 0.717) is 11.6 Å². The highest BCUT2D eigenvalue weighted by Gasteiger charge is 2.11. The summed E-state index contributed by atoms with van der Waals surface area (Å²) in [7, 11) is 0. The van der Waals surface area contributed by atoms with Gasteiger partial charge in [-0.1, -0.05) is 26.0 Å². The number of hydrazone groups is 1. The quantitative estimate of drug-likeness (QED) is 0.482. The molecule has 5 nitrogen and oxygen atoms in total. The Bertz CT molecular complexity index is 413. The molecule has 86 valence electrons. The maximum Gasteiger partial charge on any atom is 0.294 e. The van der Waals surface area contributed by atoms with E-state index in [4.69, 9.17) is 0 Å². The van der Waals surface area contributed by atoms with Crippen LogP contribution in [0.4, 0.5) is 11.4 Å². The molecule has 0 amide bonds. The summed E-state index contributed by atoms with van der Waals surface area (Å²) in [4.78, 5) is 10.3. The van der Waals surface area contributed by atoms with Gasteiger partial charge in [-0.05, 0) is 18.9 Å². The van der Waals surface area contributed by atoms with Crippen LogP contribution in [0, 0.1) is 16.0 Å². The zero-order valence-corrected chi connectivity index (χ0v) is 9.60. The van der Waals surface area contributed by atoms with Crippen molar-refractivity contribution < 1.29 is 4.92 Å². The van der Waals surface area contributed by atoms with Gasteiger partial charge in [-0.2, -0.15) is 5.10 Å². The summed E-state index contributed by atoms with van der Waals surface area (Å²) in [6.45, 7) is 5.91. The summed E-state index contributed by atoms with van der Waals surface area (Å²) in [5.74, 6) is 0.315. The Balaban J connectivity index is 2.89. The van der Waals surface area contributed by atoms with Gasteiger partial charge in [-0.3, -0.25) is 15.5 Å². The molecule has 0 saturated heterocycles. The fourth-order valence-corrected chi connectivity index (χ4v) is 1.00. The van der Waals surface area contributed by atoms with E-state index in [1.165, 1.54) is 6.07 Å². The van der Waals surface area contributed by atoms with Crippen molar-refractivity contribution >= 4 is 17.1 Å². The van der Waals surface area contributed by atoms with E-state index in [-0.39, 0.29) is 5.69 Å². The van der Waals surface area contributed by atoms with Gasteiger partial charge < -0.3 is 0 Å². The Morgan fingerprint density at radius 2 is 2.06 bits per heavy atom. The van der Waals surface area contributed by atoms with Gasteiger partial charge in [0.15, 0.2) is 0 Å². The number of anilines is 1. The number of nitro groups is 1. The molecule has 0 heterocycles. The highest BCUT2D eigenvalue weighted by Crippen LogP contribution is 2.23. The van der Waals surface area contributed by atoms with E-state index in [9.17, 15) is 10.1 Å². The Kier molecular flexibility index (Phi) is 3.99. The minimum absolute atomic E-state index is 0.0304. The average molecular weight is 221 g/mol. The van der Waals surface area contributed by atoms with Gasteiger partial charge in [0, 0.05) is 11.8 Å². The maximum atomic E-state index is 10.7. The van der Waals surface area contributed by atoms with Crippen LogP contribution in [0.1, 0.15) is 20.8 Å².